The molecule has 170 valence electrons. The minimum Gasteiger partial charge on any atom is -0.481 e. The van der Waals surface area contributed by atoms with Crippen LogP contribution >= 0.6 is 0 Å². The van der Waals surface area contributed by atoms with E-state index in [-0.39, 0.29) is 11.9 Å². The lowest BCUT2D eigenvalue weighted by Crippen LogP contribution is -2.10. The molecule has 0 aliphatic carbocycles. The van der Waals surface area contributed by atoms with Crippen molar-refractivity contribution in [3.8, 4) is 0 Å². The standard InChI is InChI=1S/C14H20O2.C13H18O2/c1-10(2)9-12-5-7-13(8-6-12)11(3)14(15)16-4;1-9(2)8-11-4-6-12(7-5-11)10(3)13(14)15/h5-8,10-11H,9H2,1-4H3;4-7,9-10H,8H2,1-3H3,(H,14,15). The lowest BCUT2D eigenvalue weighted by molar-refractivity contribution is -0.142. The number of ether oxygens (including phenoxy) is 1. The van der Waals surface area contributed by atoms with Gasteiger partial charge in [0.15, 0.2) is 0 Å². The molecule has 0 fully saturated rings. The molecule has 0 heterocycles. The van der Waals surface area contributed by atoms with Gasteiger partial charge in [-0.2, -0.15) is 0 Å². The number of aliphatic carboxylic acids is 1. The van der Waals surface area contributed by atoms with Gasteiger partial charge in [-0.1, -0.05) is 76.2 Å². The number of carbonyl (C=O) groups is 2. The summed E-state index contributed by atoms with van der Waals surface area (Å²) in [5.74, 6) is -0.268. The summed E-state index contributed by atoms with van der Waals surface area (Å²) < 4.78 is 4.72. The van der Waals surface area contributed by atoms with Gasteiger partial charge in [0.05, 0.1) is 18.9 Å². The molecule has 0 amide bonds. The van der Waals surface area contributed by atoms with Crippen LogP contribution in [0, 0.1) is 11.8 Å². The largest absolute Gasteiger partial charge is 0.481 e. The summed E-state index contributed by atoms with van der Waals surface area (Å²) >= 11 is 0. The number of methoxy groups -OCH3 is 1. The topological polar surface area (TPSA) is 63.6 Å². The minimum absolute atomic E-state index is 0.182. The second-order valence-electron chi connectivity index (χ2n) is 8.98. The van der Waals surface area contributed by atoms with Gasteiger partial charge in [0, 0.05) is 0 Å². The van der Waals surface area contributed by atoms with Crippen molar-refractivity contribution in [3.05, 3.63) is 70.8 Å². The first-order chi connectivity index (χ1) is 14.5. The Morgan fingerprint density at radius 2 is 1.06 bits per heavy atom. The Balaban J connectivity index is 0.000000311. The first kappa shape index (κ1) is 26.4. The van der Waals surface area contributed by atoms with Crippen molar-refractivity contribution >= 4 is 11.9 Å². The lowest BCUT2D eigenvalue weighted by Gasteiger charge is -2.11. The average molecular weight is 427 g/mol. The number of hydrogen-bond acceptors (Lipinski definition) is 3. The number of carboxylic acid groups (broad SMARTS) is 1. The third-order valence-electron chi connectivity index (χ3n) is 5.17. The Morgan fingerprint density at radius 1 is 0.710 bits per heavy atom. The van der Waals surface area contributed by atoms with E-state index in [1.165, 1.54) is 18.2 Å². The summed E-state index contributed by atoms with van der Waals surface area (Å²) in [7, 11) is 1.42. The first-order valence-corrected chi connectivity index (χ1v) is 11.0. The molecule has 4 heteroatoms. The Hall–Kier alpha value is -2.62. The van der Waals surface area contributed by atoms with Crippen LogP contribution in [0.3, 0.4) is 0 Å². The quantitative estimate of drug-likeness (QED) is 0.508. The van der Waals surface area contributed by atoms with Crippen LogP contribution in [0.5, 0.6) is 0 Å². The van der Waals surface area contributed by atoms with E-state index >= 15 is 0 Å². The van der Waals surface area contributed by atoms with E-state index in [9.17, 15) is 9.59 Å². The summed E-state index contributed by atoms with van der Waals surface area (Å²) in [6.07, 6.45) is 2.12. The van der Waals surface area contributed by atoms with Gasteiger partial charge >= 0.3 is 11.9 Å². The molecule has 0 aliphatic heterocycles. The second kappa shape index (κ2) is 12.9. The summed E-state index contributed by atoms with van der Waals surface area (Å²) in [6.45, 7) is 12.3. The maximum atomic E-state index is 11.4. The van der Waals surface area contributed by atoms with Crippen LogP contribution in [0.4, 0.5) is 0 Å². The van der Waals surface area contributed by atoms with Gasteiger partial charge in [0.1, 0.15) is 0 Å². The zero-order chi connectivity index (χ0) is 23.6. The smallest absolute Gasteiger partial charge is 0.312 e. The highest BCUT2D eigenvalue weighted by molar-refractivity contribution is 5.77. The monoisotopic (exact) mass is 426 g/mol. The number of carboxylic acids is 1. The maximum Gasteiger partial charge on any atom is 0.312 e. The molecule has 0 saturated heterocycles. The van der Waals surface area contributed by atoms with Crippen LogP contribution in [-0.4, -0.2) is 24.2 Å². The summed E-state index contributed by atoms with van der Waals surface area (Å²) in [5.41, 5.74) is 4.47. The summed E-state index contributed by atoms with van der Waals surface area (Å²) in [6, 6.07) is 16.1. The van der Waals surface area contributed by atoms with Gasteiger partial charge in [-0.05, 0) is 60.8 Å². The highest BCUT2D eigenvalue weighted by Crippen LogP contribution is 2.19. The molecule has 0 saturated carbocycles. The fourth-order valence-corrected chi connectivity index (χ4v) is 3.28. The van der Waals surface area contributed by atoms with Gasteiger partial charge in [-0.15, -0.1) is 0 Å². The predicted molar refractivity (Wildman–Crippen MR) is 126 cm³/mol. The van der Waals surface area contributed by atoms with E-state index in [2.05, 4.69) is 39.8 Å². The Morgan fingerprint density at radius 3 is 1.35 bits per heavy atom. The number of rotatable bonds is 8. The fourth-order valence-electron chi connectivity index (χ4n) is 3.28. The highest BCUT2D eigenvalue weighted by atomic mass is 16.5. The van der Waals surface area contributed by atoms with Crippen LogP contribution in [0.2, 0.25) is 0 Å². The van der Waals surface area contributed by atoms with E-state index in [4.69, 9.17) is 9.84 Å². The highest BCUT2D eigenvalue weighted by Gasteiger charge is 2.15. The maximum absolute atomic E-state index is 11.4. The van der Waals surface area contributed by atoms with E-state index < -0.39 is 11.9 Å². The zero-order valence-corrected chi connectivity index (χ0v) is 20.0. The van der Waals surface area contributed by atoms with Crippen molar-refractivity contribution in [2.45, 2.75) is 66.2 Å². The van der Waals surface area contributed by atoms with E-state index in [1.807, 2.05) is 43.3 Å². The molecule has 0 radical (unpaired) electrons. The van der Waals surface area contributed by atoms with Crippen LogP contribution in [0.25, 0.3) is 0 Å². The number of hydrogen-bond donors (Lipinski definition) is 1. The molecule has 2 unspecified atom stereocenters. The number of carbonyl (C=O) groups excluding carboxylic acids is 1. The molecular weight excluding hydrogens is 388 g/mol. The molecule has 2 aromatic rings. The van der Waals surface area contributed by atoms with Crippen molar-refractivity contribution in [2.75, 3.05) is 7.11 Å². The van der Waals surface area contributed by atoms with Crippen LogP contribution in [0.1, 0.15) is 75.6 Å². The molecule has 2 aromatic carbocycles. The lowest BCUT2D eigenvalue weighted by atomic mass is 9.97. The van der Waals surface area contributed by atoms with Gasteiger partial charge in [0.25, 0.3) is 0 Å². The van der Waals surface area contributed by atoms with Crippen molar-refractivity contribution in [2.24, 2.45) is 11.8 Å². The van der Waals surface area contributed by atoms with Crippen LogP contribution < -0.4 is 0 Å². The van der Waals surface area contributed by atoms with Gasteiger partial charge < -0.3 is 9.84 Å². The molecule has 4 nitrogen and oxygen atoms in total. The Bertz CT molecular complexity index is 804. The predicted octanol–water partition coefficient (Wildman–Crippen LogP) is 6.23. The molecule has 31 heavy (non-hydrogen) atoms. The molecule has 0 aliphatic rings. The SMILES string of the molecule is CC(C)Cc1ccc(C(C)C(=O)O)cc1.COC(=O)C(C)c1ccc(CC(C)C)cc1. The number of benzene rings is 2. The Kier molecular flexibility index (Phi) is 11.0. The van der Waals surface area contributed by atoms with Crippen molar-refractivity contribution in [1.29, 1.82) is 0 Å². The second-order valence-corrected chi connectivity index (χ2v) is 8.98. The van der Waals surface area contributed by atoms with Gasteiger partial charge in [0.2, 0.25) is 0 Å². The van der Waals surface area contributed by atoms with Crippen molar-refractivity contribution < 1.29 is 19.4 Å². The molecule has 0 bridgehead atoms. The molecular formula is C27H38O4. The van der Waals surface area contributed by atoms with Crippen LogP contribution in [0.15, 0.2) is 48.5 Å². The zero-order valence-electron chi connectivity index (χ0n) is 20.0. The molecule has 1 N–H and O–H groups in total. The first-order valence-electron chi connectivity index (χ1n) is 11.0. The van der Waals surface area contributed by atoms with E-state index in [0.29, 0.717) is 11.8 Å². The third kappa shape index (κ3) is 9.37. The van der Waals surface area contributed by atoms with E-state index in [0.717, 1.165) is 24.0 Å². The van der Waals surface area contributed by atoms with Crippen LogP contribution in [-0.2, 0) is 27.2 Å². The summed E-state index contributed by atoms with van der Waals surface area (Å²) in [4.78, 5) is 22.1. The Labute approximate surface area is 187 Å². The normalized spacial score (nSPS) is 12.7. The van der Waals surface area contributed by atoms with Gasteiger partial charge in [-0.25, -0.2) is 0 Å². The molecule has 2 rings (SSSR count). The van der Waals surface area contributed by atoms with Crippen molar-refractivity contribution in [3.63, 3.8) is 0 Å². The average Bonchev–Trinajstić information content (AvgIpc) is 2.72. The minimum atomic E-state index is -0.772. The molecule has 0 aromatic heterocycles. The van der Waals surface area contributed by atoms with Gasteiger partial charge in [-0.3, -0.25) is 9.59 Å². The third-order valence-corrected chi connectivity index (χ3v) is 5.17. The van der Waals surface area contributed by atoms with E-state index in [1.54, 1.807) is 6.92 Å². The number of esters is 1. The molecule has 0 spiro atoms. The molecule has 2 atom stereocenters. The van der Waals surface area contributed by atoms with Crippen molar-refractivity contribution in [1.82, 2.24) is 0 Å². The summed E-state index contributed by atoms with van der Waals surface area (Å²) in [5, 5.41) is 8.85. The fraction of sp³-hybridized carbons (Fsp3) is 0.481.